The Morgan fingerprint density at radius 3 is 2.62 bits per heavy atom. The molecule has 0 amide bonds. The third kappa shape index (κ3) is 2.18. The zero-order valence-corrected chi connectivity index (χ0v) is 15.0. The normalized spacial score (nSPS) is 29.3. The second-order valence-corrected chi connectivity index (χ2v) is 7.94. The molecule has 3 atom stereocenters. The minimum atomic E-state index is 0.0455. The lowest BCUT2D eigenvalue weighted by atomic mass is 9.59. The number of pyridine rings is 1. The second kappa shape index (κ2) is 5.32. The van der Waals surface area contributed by atoms with E-state index in [-0.39, 0.29) is 11.0 Å². The first-order valence-corrected chi connectivity index (χ1v) is 8.91. The highest BCUT2D eigenvalue weighted by atomic mass is 16.1. The second-order valence-electron chi connectivity index (χ2n) is 7.94. The third-order valence-corrected chi connectivity index (χ3v) is 6.72. The number of rotatable bonds is 1. The number of fused-ring (bicyclic) bond motifs is 4. The fourth-order valence-corrected chi connectivity index (χ4v) is 4.74. The lowest BCUT2D eigenvalue weighted by Crippen LogP contribution is -2.56. The van der Waals surface area contributed by atoms with Crippen molar-refractivity contribution in [2.24, 2.45) is 13.0 Å². The van der Waals surface area contributed by atoms with Gasteiger partial charge in [0.05, 0.1) is 0 Å². The number of likely N-dealkylation sites (N-methyl/N-ethyl adjacent to an activating group) is 1. The Morgan fingerprint density at radius 1 is 1.12 bits per heavy atom. The Labute approximate surface area is 143 Å². The van der Waals surface area contributed by atoms with Crippen LogP contribution in [0.2, 0.25) is 0 Å². The first-order chi connectivity index (χ1) is 11.4. The van der Waals surface area contributed by atoms with Crippen molar-refractivity contribution in [2.75, 3.05) is 13.6 Å². The lowest BCUT2D eigenvalue weighted by molar-refractivity contribution is 0.0508. The molecule has 0 N–H and O–H groups in total. The Balaban J connectivity index is 1.84. The molecule has 1 aromatic heterocycles. The molecule has 2 bridgehead atoms. The van der Waals surface area contributed by atoms with Gasteiger partial charge in [-0.2, -0.15) is 0 Å². The number of hydrogen-bond acceptors (Lipinski definition) is 2. The van der Waals surface area contributed by atoms with Gasteiger partial charge in [-0.3, -0.25) is 4.79 Å². The fourth-order valence-electron chi connectivity index (χ4n) is 4.74. The Kier molecular flexibility index (Phi) is 3.47. The minimum Gasteiger partial charge on any atom is -0.319 e. The maximum absolute atomic E-state index is 12.0. The molecule has 1 saturated heterocycles. The molecule has 2 unspecified atom stereocenters. The summed E-state index contributed by atoms with van der Waals surface area (Å²) in [6.07, 6.45) is 4.20. The summed E-state index contributed by atoms with van der Waals surface area (Å²) in [4.78, 5) is 14.5. The summed E-state index contributed by atoms with van der Waals surface area (Å²) in [5.41, 5.74) is 5.45. The molecule has 2 aliphatic rings. The van der Waals surface area contributed by atoms with Crippen molar-refractivity contribution < 1.29 is 0 Å². The summed E-state index contributed by atoms with van der Waals surface area (Å²) < 4.78 is 1.62. The van der Waals surface area contributed by atoms with Crippen molar-refractivity contribution in [3.05, 3.63) is 58.0 Å². The molecular weight excluding hydrogens is 296 g/mol. The molecule has 1 aliphatic heterocycles. The van der Waals surface area contributed by atoms with Crippen LogP contribution in [-0.2, 0) is 18.9 Å². The molecule has 1 aromatic carbocycles. The van der Waals surface area contributed by atoms with E-state index < -0.39 is 0 Å². The molecule has 0 radical (unpaired) electrons. The van der Waals surface area contributed by atoms with Crippen LogP contribution >= 0.6 is 0 Å². The van der Waals surface area contributed by atoms with Crippen LogP contribution in [0.5, 0.6) is 0 Å². The van der Waals surface area contributed by atoms with E-state index in [1.54, 1.807) is 17.7 Å². The molecule has 0 spiro atoms. The molecule has 0 saturated carbocycles. The monoisotopic (exact) mass is 322 g/mol. The van der Waals surface area contributed by atoms with Crippen molar-refractivity contribution >= 4 is 0 Å². The van der Waals surface area contributed by atoms with E-state index in [4.69, 9.17) is 0 Å². The number of aryl methyl sites for hydroxylation is 1. The van der Waals surface area contributed by atoms with E-state index in [0.29, 0.717) is 12.0 Å². The number of piperidine rings is 1. The maximum atomic E-state index is 12.0. The number of aromatic nitrogens is 1. The van der Waals surface area contributed by atoms with Crippen molar-refractivity contribution in [3.63, 3.8) is 0 Å². The zero-order chi connectivity index (χ0) is 17.1. The van der Waals surface area contributed by atoms with E-state index in [9.17, 15) is 4.79 Å². The van der Waals surface area contributed by atoms with Gasteiger partial charge in [-0.15, -0.1) is 0 Å². The summed E-state index contributed by atoms with van der Waals surface area (Å²) in [5, 5.41) is 0. The Bertz CT molecular complexity index is 853. The van der Waals surface area contributed by atoms with Crippen LogP contribution < -0.4 is 5.56 Å². The number of hydrogen-bond donors (Lipinski definition) is 0. The van der Waals surface area contributed by atoms with Crippen LogP contribution in [0.3, 0.4) is 0 Å². The largest absolute Gasteiger partial charge is 0.319 e. The van der Waals surface area contributed by atoms with Gasteiger partial charge >= 0.3 is 0 Å². The zero-order valence-electron chi connectivity index (χ0n) is 15.0. The Hall–Kier alpha value is -1.87. The molecular formula is C21H26N2O. The van der Waals surface area contributed by atoms with Gasteiger partial charge in [0.15, 0.2) is 0 Å². The maximum Gasteiger partial charge on any atom is 0.250 e. The SMILES string of the molecule is CC1C2Cc3ccc(-c4ccn(C)c(=O)c4)cc3[C@]1(C)CCN2C. The van der Waals surface area contributed by atoms with Crippen molar-refractivity contribution in [2.45, 2.75) is 38.1 Å². The van der Waals surface area contributed by atoms with Crippen LogP contribution in [0, 0.1) is 5.92 Å². The predicted octanol–water partition coefficient (Wildman–Crippen LogP) is 3.21. The summed E-state index contributed by atoms with van der Waals surface area (Å²) in [5.74, 6) is 0.655. The third-order valence-electron chi connectivity index (χ3n) is 6.72. The van der Waals surface area contributed by atoms with Crippen LogP contribution in [0.1, 0.15) is 31.4 Å². The smallest absolute Gasteiger partial charge is 0.250 e. The van der Waals surface area contributed by atoms with Gasteiger partial charge in [-0.25, -0.2) is 0 Å². The van der Waals surface area contributed by atoms with E-state index in [2.05, 4.69) is 44.0 Å². The van der Waals surface area contributed by atoms with Gasteiger partial charge in [0, 0.05) is 25.4 Å². The first kappa shape index (κ1) is 15.6. The molecule has 2 heterocycles. The van der Waals surface area contributed by atoms with Gasteiger partial charge in [0.1, 0.15) is 0 Å². The summed E-state index contributed by atoms with van der Waals surface area (Å²) in [7, 11) is 4.06. The van der Waals surface area contributed by atoms with E-state index in [1.165, 1.54) is 24.1 Å². The highest BCUT2D eigenvalue weighted by molar-refractivity contribution is 5.65. The van der Waals surface area contributed by atoms with Gasteiger partial charge < -0.3 is 9.47 Å². The molecule has 126 valence electrons. The number of benzene rings is 1. The van der Waals surface area contributed by atoms with E-state index in [0.717, 1.165) is 17.5 Å². The molecule has 2 aromatic rings. The minimum absolute atomic E-state index is 0.0455. The van der Waals surface area contributed by atoms with E-state index >= 15 is 0 Å². The molecule has 24 heavy (non-hydrogen) atoms. The molecule has 4 rings (SSSR count). The molecule has 3 nitrogen and oxygen atoms in total. The van der Waals surface area contributed by atoms with Crippen LogP contribution in [0.25, 0.3) is 11.1 Å². The summed E-state index contributed by atoms with van der Waals surface area (Å²) >= 11 is 0. The highest BCUT2D eigenvalue weighted by Crippen LogP contribution is 2.48. The summed E-state index contributed by atoms with van der Waals surface area (Å²) in [6, 6.07) is 11.2. The van der Waals surface area contributed by atoms with Crippen molar-refractivity contribution in [1.82, 2.24) is 9.47 Å². The van der Waals surface area contributed by atoms with Gasteiger partial charge in [0.2, 0.25) is 0 Å². The van der Waals surface area contributed by atoms with Crippen LogP contribution in [0.4, 0.5) is 0 Å². The lowest BCUT2D eigenvalue weighted by Gasteiger charge is -2.53. The average Bonchev–Trinajstić information content (AvgIpc) is 2.57. The van der Waals surface area contributed by atoms with E-state index in [1.807, 2.05) is 12.3 Å². The van der Waals surface area contributed by atoms with Crippen molar-refractivity contribution in [1.29, 1.82) is 0 Å². The van der Waals surface area contributed by atoms with Gasteiger partial charge in [-0.1, -0.05) is 32.0 Å². The van der Waals surface area contributed by atoms with Crippen LogP contribution in [-0.4, -0.2) is 29.1 Å². The Morgan fingerprint density at radius 2 is 1.88 bits per heavy atom. The molecule has 3 heteroatoms. The topological polar surface area (TPSA) is 25.2 Å². The van der Waals surface area contributed by atoms with Crippen LogP contribution in [0.15, 0.2) is 41.3 Å². The predicted molar refractivity (Wildman–Crippen MR) is 98.4 cm³/mol. The standard InChI is InChI=1S/C21H26N2O/c1-14-19-12-17-6-5-15(16-7-9-23(4)20(24)13-16)11-18(17)21(14,2)8-10-22(19)3/h5-7,9,11,13-14,19H,8,10,12H2,1-4H3/t14?,19?,21-/m1/s1. The number of nitrogens with zero attached hydrogens (tertiary/aromatic N) is 2. The fraction of sp³-hybridized carbons (Fsp3) is 0.476. The molecule has 1 fully saturated rings. The quantitative estimate of drug-likeness (QED) is 0.805. The molecule has 1 aliphatic carbocycles. The van der Waals surface area contributed by atoms with Crippen molar-refractivity contribution in [3.8, 4) is 11.1 Å². The average molecular weight is 322 g/mol. The first-order valence-electron chi connectivity index (χ1n) is 8.91. The number of likely N-dealkylation sites (tertiary alicyclic amines) is 1. The van der Waals surface area contributed by atoms with Gasteiger partial charge in [-0.05, 0) is 66.1 Å². The highest BCUT2D eigenvalue weighted by Gasteiger charge is 2.47. The van der Waals surface area contributed by atoms with Gasteiger partial charge in [0.25, 0.3) is 5.56 Å². The summed E-state index contributed by atoms with van der Waals surface area (Å²) in [6.45, 7) is 6.01.